The maximum Gasteiger partial charge on any atom is 0.187 e. The van der Waals surface area contributed by atoms with Gasteiger partial charge in [0.1, 0.15) is 47.0 Å². The minimum Gasteiger partial charge on any atom is -0.511 e. The zero-order chi connectivity index (χ0) is 34.3. The Morgan fingerprint density at radius 3 is 2.59 bits per heavy atom. The van der Waals surface area contributed by atoms with Crippen LogP contribution in [0, 0.1) is 35.0 Å². The summed E-state index contributed by atoms with van der Waals surface area (Å²) in [6.07, 6.45) is 7.95. The summed E-state index contributed by atoms with van der Waals surface area (Å²) in [5.41, 5.74) is -2.50. The Morgan fingerprint density at radius 1 is 0.980 bits per heavy atom. The third kappa shape index (κ3) is 6.84. The smallest absolute Gasteiger partial charge is 0.187 e. The third-order valence-electron chi connectivity index (χ3n) is 13.0. The van der Waals surface area contributed by atoms with Crippen LogP contribution in [-0.2, 0) is 19.1 Å². The van der Waals surface area contributed by atoms with Gasteiger partial charge in [0, 0.05) is 18.1 Å². The van der Waals surface area contributed by atoms with Gasteiger partial charge in [-0.25, -0.2) is 0 Å². The van der Waals surface area contributed by atoms with E-state index in [2.05, 4.69) is 10.6 Å². The number of allylic oxidation sites excluding steroid dienone is 4. The van der Waals surface area contributed by atoms with Crippen LogP contribution in [0.1, 0.15) is 83.5 Å². The highest BCUT2D eigenvalue weighted by molar-refractivity contribution is 8.76. The van der Waals surface area contributed by atoms with E-state index in [-0.39, 0.29) is 41.6 Å². The number of rotatable bonds is 3. The van der Waals surface area contributed by atoms with E-state index in [9.17, 15) is 30.3 Å². The average Bonchev–Trinajstić information content (AvgIpc) is 3.11. The molecule has 3 heterocycles. The van der Waals surface area contributed by atoms with Crippen molar-refractivity contribution in [2.24, 2.45) is 35.0 Å². The molecule has 0 aromatic heterocycles. The van der Waals surface area contributed by atoms with E-state index in [4.69, 9.17) is 9.47 Å². The molecular weight excluding hydrogens is 669 g/mol. The molecule has 3 saturated carbocycles. The molecule has 8 N–H and O–H groups in total. The number of ether oxygens (including phenoxy) is 2. The van der Waals surface area contributed by atoms with Crippen molar-refractivity contribution in [2.45, 2.75) is 126 Å². The highest BCUT2D eigenvalue weighted by Crippen LogP contribution is 2.56. The maximum atomic E-state index is 15.0. The minimum absolute atomic E-state index is 0.0438. The Kier molecular flexibility index (Phi) is 11.2. The van der Waals surface area contributed by atoms with Gasteiger partial charge in [0.15, 0.2) is 12.1 Å². The van der Waals surface area contributed by atoms with Crippen molar-refractivity contribution >= 4 is 33.2 Å². The zero-order valence-electron chi connectivity index (χ0n) is 28.3. The predicted molar refractivity (Wildman–Crippen MR) is 185 cm³/mol. The molecule has 0 radical (unpaired) electrons. The standard InChI is InChI=1S/C36H54N2O9S2/c39-17-26-31(42)36(45)11-9-21-10-12-37-28(16-21)38-19-49-48-18-35-24(14-22(15-27(35)40)13-20-5-2-1-3-6-20)30(41)23-7-4-8-25(29(23)32(35)43)46-34(47-26)33(36)44/h14-15,20-21,23-26,28-29,31,33-34,37-40,42,44-45H,1-13,16-19H2/p+1. The molecule has 12 atom stereocenters. The first-order chi connectivity index (χ1) is 23.7. The summed E-state index contributed by atoms with van der Waals surface area (Å²) in [5.74, 6) is -0.949. The Labute approximate surface area is 296 Å². The van der Waals surface area contributed by atoms with E-state index in [0.29, 0.717) is 37.5 Å². The molecule has 3 aliphatic heterocycles. The van der Waals surface area contributed by atoms with Crippen LogP contribution in [0.3, 0.4) is 0 Å². The van der Waals surface area contributed by atoms with Crippen molar-refractivity contribution in [3.63, 3.8) is 0 Å². The molecule has 1 spiro atoms. The van der Waals surface area contributed by atoms with Gasteiger partial charge < -0.3 is 40.3 Å². The summed E-state index contributed by atoms with van der Waals surface area (Å²) in [5, 5.41) is 62.6. The quantitative estimate of drug-likeness (QED) is 0.211. The number of fused-ring (bicyclic) bond motifs is 4. The lowest BCUT2D eigenvalue weighted by molar-refractivity contribution is -0.704. The molecule has 49 heavy (non-hydrogen) atoms. The van der Waals surface area contributed by atoms with Gasteiger partial charge in [-0.05, 0) is 62.0 Å². The fourth-order valence-electron chi connectivity index (χ4n) is 10.1. The van der Waals surface area contributed by atoms with Crippen LogP contribution in [-0.4, -0.2) is 104 Å². The van der Waals surface area contributed by atoms with Crippen LogP contribution in [0.25, 0.3) is 0 Å². The molecular formula is C36H55N2O9S2+. The van der Waals surface area contributed by atoms with Crippen molar-refractivity contribution in [1.29, 1.82) is 0 Å². The number of ketones is 2. The first kappa shape index (κ1) is 36.4. The fourth-order valence-corrected chi connectivity index (χ4v) is 12.5. The fraction of sp³-hybridized carbons (Fsp3) is 0.833. The summed E-state index contributed by atoms with van der Waals surface area (Å²) in [6.45, 7) is 0.306. The summed E-state index contributed by atoms with van der Waals surface area (Å²) in [4.78, 5) is 29.6. The van der Waals surface area contributed by atoms with E-state index in [0.717, 1.165) is 44.2 Å². The number of hydrogen-bond acceptors (Lipinski definition) is 12. The van der Waals surface area contributed by atoms with Gasteiger partial charge in [0.05, 0.1) is 37.0 Å². The molecule has 0 amide bonds. The average molecular weight is 724 g/mol. The topological polar surface area (TPSA) is 182 Å². The van der Waals surface area contributed by atoms with E-state index in [1.54, 1.807) is 16.9 Å². The van der Waals surface area contributed by atoms with Crippen LogP contribution in [0.4, 0.5) is 0 Å². The molecule has 3 saturated heterocycles. The first-order valence-electron chi connectivity index (χ1n) is 18.7. The van der Waals surface area contributed by atoms with Crippen LogP contribution >= 0.6 is 21.6 Å². The third-order valence-corrected chi connectivity index (χ3v) is 15.2. The molecule has 4 aliphatic carbocycles. The summed E-state index contributed by atoms with van der Waals surface area (Å²) >= 11 is 0. The second-order valence-electron chi connectivity index (χ2n) is 15.8. The Balaban J connectivity index is 1.23. The highest BCUT2D eigenvalue weighted by atomic mass is 33.1. The normalized spacial score (nSPS) is 45.7. The first-order valence-corrected chi connectivity index (χ1v) is 21.2. The number of hydrogen-bond donors (Lipinski definition) is 7. The second-order valence-corrected chi connectivity index (χ2v) is 18.3. The van der Waals surface area contributed by atoms with Crippen molar-refractivity contribution in [1.82, 2.24) is 5.32 Å². The van der Waals surface area contributed by atoms with E-state index < -0.39 is 66.1 Å². The number of Topliss-reactive ketones (excluding diaryl/α,β-unsaturated/α-hetero) is 2. The van der Waals surface area contributed by atoms with E-state index in [1.807, 2.05) is 6.08 Å². The number of nitrogens with one attached hydrogen (secondary N) is 1. The highest BCUT2D eigenvalue weighted by Gasteiger charge is 2.64. The SMILES string of the molecule is O=C1C2CCCC3OC4OC(CO)C(O)C(O)(CCC5CC[NH2+]C(C5)NCSSCC5(C(=O)C32)C(O)=CC(CC2CCCCC2)=CC15)C4O. The van der Waals surface area contributed by atoms with Gasteiger partial charge in [-0.2, -0.15) is 0 Å². The summed E-state index contributed by atoms with van der Waals surface area (Å²) < 4.78 is 12.3. The molecule has 0 aromatic rings. The Hall–Kier alpha value is -1.00. The molecule has 12 unspecified atom stereocenters. The Bertz CT molecular complexity index is 1290. The van der Waals surface area contributed by atoms with Crippen molar-refractivity contribution in [3.05, 3.63) is 23.5 Å². The van der Waals surface area contributed by atoms with Gasteiger partial charge in [0.2, 0.25) is 0 Å². The maximum absolute atomic E-state index is 15.0. The molecule has 0 aromatic carbocycles. The summed E-state index contributed by atoms with van der Waals surface area (Å²) in [6, 6.07) is 0. The van der Waals surface area contributed by atoms with Crippen molar-refractivity contribution in [3.8, 4) is 0 Å². The number of quaternary nitrogens is 1. The lowest BCUT2D eigenvalue weighted by Gasteiger charge is -2.53. The largest absolute Gasteiger partial charge is 0.511 e. The number of nitrogens with two attached hydrogens (primary N) is 1. The summed E-state index contributed by atoms with van der Waals surface area (Å²) in [7, 11) is 3.10. The number of carbonyl (C=O) groups excluding carboxylic acids is 2. The van der Waals surface area contributed by atoms with Gasteiger partial charge in [-0.1, -0.05) is 66.2 Å². The molecule has 6 fully saturated rings. The number of carbonyl (C=O) groups is 2. The molecule has 7 aliphatic rings. The van der Waals surface area contributed by atoms with Gasteiger partial charge in [-0.15, -0.1) is 0 Å². The molecule has 274 valence electrons. The number of aliphatic hydroxyl groups excluding tert-OH is 4. The molecule has 13 heteroatoms. The lowest BCUT2D eigenvalue weighted by Crippen LogP contribution is -2.95. The Morgan fingerprint density at radius 2 is 1.80 bits per heavy atom. The van der Waals surface area contributed by atoms with Crippen LogP contribution < -0.4 is 10.6 Å². The van der Waals surface area contributed by atoms with Crippen LogP contribution in [0.5, 0.6) is 0 Å². The van der Waals surface area contributed by atoms with Gasteiger partial charge >= 0.3 is 0 Å². The molecule has 11 nitrogen and oxygen atoms in total. The predicted octanol–water partition coefficient (Wildman–Crippen LogP) is 2.09. The second kappa shape index (κ2) is 15.2. The van der Waals surface area contributed by atoms with E-state index in [1.165, 1.54) is 30.1 Å². The van der Waals surface area contributed by atoms with Crippen LogP contribution in [0.15, 0.2) is 23.5 Å². The number of piperidine rings is 1. The lowest BCUT2D eigenvalue weighted by atomic mass is 9.52. The minimum atomic E-state index is -2.00. The molecule has 7 rings (SSSR count). The van der Waals surface area contributed by atoms with Gasteiger partial charge in [-0.3, -0.25) is 14.9 Å². The van der Waals surface area contributed by atoms with Crippen molar-refractivity contribution < 1.29 is 49.9 Å². The van der Waals surface area contributed by atoms with E-state index >= 15 is 4.79 Å². The molecule has 6 bridgehead atoms. The van der Waals surface area contributed by atoms with Crippen LogP contribution in [0.2, 0.25) is 0 Å². The van der Waals surface area contributed by atoms with Crippen molar-refractivity contribution in [2.75, 3.05) is 24.8 Å². The monoisotopic (exact) mass is 723 g/mol. The van der Waals surface area contributed by atoms with Gasteiger partial charge in [0.25, 0.3) is 0 Å². The zero-order valence-corrected chi connectivity index (χ0v) is 29.9. The number of aliphatic hydroxyl groups is 5.